The van der Waals surface area contributed by atoms with E-state index in [0.29, 0.717) is 0 Å². The minimum Gasteiger partial charge on any atom is -0.309 e. The van der Waals surface area contributed by atoms with E-state index in [-0.39, 0.29) is 0 Å². The minimum absolute atomic E-state index is 1.09. The lowest BCUT2D eigenvalue weighted by Gasteiger charge is -2.28. The van der Waals surface area contributed by atoms with Gasteiger partial charge in [0.1, 0.15) is 0 Å². The molecular weight excluding hydrogens is 1040 g/mol. The summed E-state index contributed by atoms with van der Waals surface area (Å²) in [7, 11) is 0. The molecule has 0 atom stereocenters. The molecule has 0 aliphatic heterocycles. The maximum Gasteiger partial charge on any atom is 0.0570 e. The molecule has 16 rings (SSSR count). The number of aryl methyl sites for hydroxylation is 2. The Bertz CT molecular complexity index is 4740. The van der Waals surface area contributed by atoms with Crippen molar-refractivity contribution >= 4 is 99.0 Å². The second-order valence-corrected chi connectivity index (χ2v) is 22.5. The predicted molar refractivity (Wildman–Crippen MR) is 365 cm³/mol. The summed E-state index contributed by atoms with van der Waals surface area (Å²) in [6.45, 7) is 4.58. The van der Waals surface area contributed by atoms with Gasteiger partial charge in [-0.3, -0.25) is 0 Å². The van der Waals surface area contributed by atoms with E-state index >= 15 is 0 Å². The van der Waals surface area contributed by atoms with Crippen LogP contribution in [-0.4, -0.2) is 9.13 Å². The quantitative estimate of drug-likeness (QED) is 0.128. The maximum absolute atomic E-state index is 2.46. The molecule has 0 spiro atoms. The van der Waals surface area contributed by atoms with Crippen molar-refractivity contribution in [3.8, 4) is 45.0 Å². The highest BCUT2D eigenvalue weighted by molar-refractivity contribution is 6.07. The summed E-state index contributed by atoms with van der Waals surface area (Å²) >= 11 is 0. The zero-order valence-corrected chi connectivity index (χ0v) is 47.8. The summed E-state index contributed by atoms with van der Waals surface area (Å²) in [5, 5.41) is 12.1. The van der Waals surface area contributed by atoms with Crippen LogP contribution in [0.5, 0.6) is 0 Å². The average molecular weight is 1100 g/mol. The van der Waals surface area contributed by atoms with Crippen LogP contribution >= 0.6 is 0 Å². The van der Waals surface area contributed by atoms with Gasteiger partial charge in [-0.15, -0.1) is 0 Å². The predicted octanol–water partition coefficient (Wildman–Crippen LogP) is 22.7. The molecule has 16 aromatic rings. The molecule has 0 aliphatic carbocycles. The first-order valence-electron chi connectivity index (χ1n) is 29.7. The Hall–Kier alpha value is -11.2. The maximum atomic E-state index is 2.46. The zero-order chi connectivity index (χ0) is 57.2. The lowest BCUT2D eigenvalue weighted by atomic mass is 9.99. The van der Waals surface area contributed by atoms with Gasteiger partial charge in [-0.1, -0.05) is 218 Å². The molecule has 14 aromatic carbocycles. The monoisotopic (exact) mass is 1100 g/mol. The summed E-state index contributed by atoms with van der Waals surface area (Å²) in [5.41, 5.74) is 20.8. The third-order valence-corrected chi connectivity index (χ3v) is 17.6. The van der Waals surface area contributed by atoms with Gasteiger partial charge in [0.15, 0.2) is 0 Å². The highest BCUT2D eigenvalue weighted by atomic mass is 15.2. The van der Waals surface area contributed by atoms with Crippen LogP contribution < -0.4 is 9.80 Å². The van der Waals surface area contributed by atoms with Gasteiger partial charge in [-0.2, -0.15) is 0 Å². The Labute approximate surface area is 500 Å². The Balaban J connectivity index is 0.807. The molecule has 0 bridgehead atoms. The lowest BCUT2D eigenvalue weighted by Crippen LogP contribution is -2.11. The van der Waals surface area contributed by atoms with Crippen molar-refractivity contribution in [2.24, 2.45) is 0 Å². The SMILES string of the molecule is Cc1c(-c2ccccc2)n(-c2ccc(N(c3cccc4ccccc34)c3cccc4ccccc34)cc2)c2ccc(-c3ccc4c(c3)c(C)c(-c3ccccc3)n4-c3ccc(N(c4cccc5ccccc45)c4cccc5ccccc45)cc3)cc12. The molecule has 2 heterocycles. The molecule has 0 radical (unpaired) electrons. The smallest absolute Gasteiger partial charge is 0.0570 e. The molecule has 0 aliphatic rings. The molecule has 4 nitrogen and oxygen atoms in total. The van der Waals surface area contributed by atoms with Gasteiger partial charge in [0.25, 0.3) is 0 Å². The van der Waals surface area contributed by atoms with Gasteiger partial charge in [-0.05, 0) is 166 Å². The first kappa shape index (κ1) is 50.5. The van der Waals surface area contributed by atoms with Crippen LogP contribution in [0.25, 0.3) is 110 Å². The second kappa shape index (κ2) is 20.9. The van der Waals surface area contributed by atoms with Crippen molar-refractivity contribution in [2.45, 2.75) is 13.8 Å². The molecule has 406 valence electrons. The van der Waals surface area contributed by atoms with Crippen LogP contribution in [0.4, 0.5) is 34.1 Å². The average Bonchev–Trinajstić information content (AvgIpc) is 2.22. The lowest BCUT2D eigenvalue weighted by molar-refractivity contribution is 1.12. The summed E-state index contributed by atoms with van der Waals surface area (Å²) in [6, 6.07) is 115. The fraction of sp³-hybridized carbons (Fsp3) is 0.0244. The summed E-state index contributed by atoms with van der Waals surface area (Å²) < 4.78 is 4.92. The summed E-state index contributed by atoms with van der Waals surface area (Å²) in [6.07, 6.45) is 0. The van der Waals surface area contributed by atoms with Crippen molar-refractivity contribution in [1.82, 2.24) is 9.13 Å². The third kappa shape index (κ3) is 8.45. The van der Waals surface area contributed by atoms with Crippen LogP contribution in [0.15, 0.2) is 315 Å². The summed E-state index contributed by atoms with van der Waals surface area (Å²) in [4.78, 5) is 4.86. The fourth-order valence-corrected chi connectivity index (χ4v) is 13.6. The van der Waals surface area contributed by atoms with E-state index in [9.17, 15) is 0 Å². The molecule has 0 unspecified atom stereocenters. The van der Waals surface area contributed by atoms with E-state index in [1.54, 1.807) is 0 Å². The number of aromatic nitrogens is 2. The molecule has 4 heteroatoms. The highest BCUT2D eigenvalue weighted by Gasteiger charge is 2.24. The fourth-order valence-electron chi connectivity index (χ4n) is 13.6. The molecule has 86 heavy (non-hydrogen) atoms. The van der Waals surface area contributed by atoms with Gasteiger partial charge >= 0.3 is 0 Å². The van der Waals surface area contributed by atoms with Crippen LogP contribution in [-0.2, 0) is 0 Å². The first-order valence-corrected chi connectivity index (χ1v) is 29.7. The number of nitrogens with zero attached hydrogens (tertiary/aromatic N) is 4. The number of rotatable bonds is 11. The molecule has 0 amide bonds. The van der Waals surface area contributed by atoms with Crippen LogP contribution in [0.2, 0.25) is 0 Å². The number of anilines is 6. The molecular formula is C82H58N4. The van der Waals surface area contributed by atoms with E-state index in [4.69, 9.17) is 0 Å². The second-order valence-electron chi connectivity index (χ2n) is 22.5. The Morgan fingerprint density at radius 1 is 0.233 bits per heavy atom. The number of hydrogen-bond acceptors (Lipinski definition) is 2. The molecule has 0 fully saturated rings. The van der Waals surface area contributed by atoms with Gasteiger partial charge in [0.05, 0.1) is 45.2 Å². The standard InChI is InChI=1S/C82H58N4/c1-55-73-53-63(41-51-79(73)85(81(55)61-25-5-3-6-26-61)67-47-43-65(44-48-67)83(75-37-17-29-57-21-9-13-33-69(57)75)76-38-18-30-58-22-10-14-34-70(58)76)64-42-52-80-74(54-64)56(2)82(62-27-7-4-8-28-62)86(80)68-49-45-66(46-50-68)84(77-39-19-31-59-23-11-15-35-71(59)77)78-40-20-32-60-24-12-16-36-72(60)78/h3-54H,1-2H3. The van der Waals surface area contributed by atoms with Crippen LogP contribution in [0.3, 0.4) is 0 Å². The largest absolute Gasteiger partial charge is 0.309 e. The van der Waals surface area contributed by atoms with E-state index in [2.05, 4.69) is 348 Å². The highest BCUT2D eigenvalue weighted by Crippen LogP contribution is 2.47. The van der Waals surface area contributed by atoms with Gasteiger partial charge in [0, 0.05) is 55.1 Å². The van der Waals surface area contributed by atoms with Gasteiger partial charge in [-0.25, -0.2) is 0 Å². The Morgan fingerprint density at radius 2 is 0.523 bits per heavy atom. The molecule has 0 saturated carbocycles. The zero-order valence-electron chi connectivity index (χ0n) is 47.8. The first-order chi connectivity index (χ1) is 42.5. The van der Waals surface area contributed by atoms with Crippen LogP contribution in [0.1, 0.15) is 11.1 Å². The normalized spacial score (nSPS) is 11.6. The van der Waals surface area contributed by atoms with Crippen molar-refractivity contribution in [1.29, 1.82) is 0 Å². The molecule has 0 N–H and O–H groups in total. The Kier molecular flexibility index (Phi) is 12.3. The van der Waals surface area contributed by atoms with E-state index in [0.717, 1.165) is 56.5 Å². The van der Waals surface area contributed by atoms with Crippen molar-refractivity contribution in [2.75, 3.05) is 9.80 Å². The van der Waals surface area contributed by atoms with Crippen LogP contribution in [0, 0.1) is 13.8 Å². The number of hydrogen-bond donors (Lipinski definition) is 0. The van der Waals surface area contributed by atoms with E-state index in [1.807, 2.05) is 0 Å². The van der Waals surface area contributed by atoms with E-state index < -0.39 is 0 Å². The van der Waals surface area contributed by atoms with Crippen molar-refractivity contribution in [3.63, 3.8) is 0 Å². The third-order valence-electron chi connectivity index (χ3n) is 17.6. The number of fused-ring (bicyclic) bond motifs is 6. The van der Waals surface area contributed by atoms with Crippen molar-refractivity contribution in [3.05, 3.63) is 327 Å². The molecule has 0 saturated heterocycles. The van der Waals surface area contributed by atoms with Crippen molar-refractivity contribution < 1.29 is 0 Å². The Morgan fingerprint density at radius 3 is 0.849 bits per heavy atom. The summed E-state index contributed by atoms with van der Waals surface area (Å²) in [5.74, 6) is 0. The van der Waals surface area contributed by atoms with E-state index in [1.165, 1.54) is 98.6 Å². The molecule has 2 aromatic heterocycles. The van der Waals surface area contributed by atoms with Gasteiger partial charge in [0.2, 0.25) is 0 Å². The van der Waals surface area contributed by atoms with Gasteiger partial charge < -0.3 is 18.9 Å². The topological polar surface area (TPSA) is 16.3 Å². The number of benzene rings is 14. The minimum atomic E-state index is 1.09.